The number of cyclic esters (lactones) is 1. The van der Waals surface area contributed by atoms with Crippen molar-refractivity contribution in [1.82, 2.24) is 15.5 Å². The van der Waals surface area contributed by atoms with Crippen LogP contribution in [-0.4, -0.2) is 162 Å². The van der Waals surface area contributed by atoms with Gasteiger partial charge in [0.1, 0.15) is 34.8 Å². The van der Waals surface area contributed by atoms with Crippen LogP contribution in [0, 0.1) is 29.1 Å². The Morgan fingerprint density at radius 2 is 1.69 bits per heavy atom. The molecule has 0 aliphatic carbocycles. The molecule has 3 fully saturated rings. The van der Waals surface area contributed by atoms with Gasteiger partial charge >= 0.3 is 5.97 Å². The van der Waals surface area contributed by atoms with E-state index in [0.29, 0.717) is 30.8 Å². The van der Waals surface area contributed by atoms with Crippen LogP contribution in [0.4, 0.5) is 0 Å². The first-order chi connectivity index (χ1) is 29.9. The predicted molar refractivity (Wildman–Crippen MR) is 241 cm³/mol. The number of likely N-dealkylation sites (N-methyl/N-ethyl adjacent to an activating group) is 1. The fraction of sp³-hybridized carbons (Fsp3) is 0.833. The van der Waals surface area contributed by atoms with Crippen LogP contribution >= 0.6 is 0 Å². The molecule has 6 N–H and O–H groups in total. The molecule has 0 amide bonds. The second-order valence-corrected chi connectivity index (χ2v) is 19.9. The zero-order chi connectivity index (χ0) is 47.9. The van der Waals surface area contributed by atoms with Gasteiger partial charge in [-0.3, -0.25) is 4.79 Å². The molecule has 0 unspecified atom stereocenters. The molecular formula is C48H82N4O12. The molecule has 4 rings (SSSR count). The van der Waals surface area contributed by atoms with Gasteiger partial charge in [0.25, 0.3) is 0 Å². The lowest BCUT2D eigenvalue weighted by Gasteiger charge is -2.53. The SMILES string of the molecule is CCCNC[C@]1(O)[C@H](C)O[C@@H](O[C@H]2[C@H](C)[C@@H](O[C@@H]3O[C@H](C)C[C@H](N(C)C)[C@H]3Oc3cccc(C#N)c3)[C@](C)(O)C[C@@H](C)CN[C@H](C)[C@@H](O)[C@](C)(O)[C@@H](CC)OC(=O)[C@@H]2C)C[C@@]1(C)OC. The summed E-state index contributed by atoms with van der Waals surface area (Å²) in [6, 6.07) is 8.22. The van der Waals surface area contributed by atoms with E-state index in [9.17, 15) is 30.5 Å². The summed E-state index contributed by atoms with van der Waals surface area (Å²) in [4.78, 5) is 16.6. The van der Waals surface area contributed by atoms with Crippen LogP contribution in [0.2, 0.25) is 0 Å². The predicted octanol–water partition coefficient (Wildman–Crippen LogP) is 3.89. The largest absolute Gasteiger partial charge is 0.483 e. The molecule has 1 aromatic carbocycles. The first kappa shape index (κ1) is 54.1. The maximum Gasteiger partial charge on any atom is 0.311 e. The summed E-state index contributed by atoms with van der Waals surface area (Å²) in [6.07, 6.45) is -6.50. The number of nitrogens with one attached hydrogen (secondary N) is 2. The van der Waals surface area contributed by atoms with Gasteiger partial charge in [-0.1, -0.05) is 33.8 Å². The number of carbonyl (C=O) groups is 1. The third-order valence-corrected chi connectivity index (χ3v) is 14.2. The molecule has 0 saturated carbocycles. The first-order valence-corrected chi connectivity index (χ1v) is 23.4. The quantitative estimate of drug-likeness (QED) is 0.122. The molecule has 0 spiro atoms. The molecule has 0 radical (unpaired) electrons. The van der Waals surface area contributed by atoms with E-state index in [2.05, 4.69) is 16.7 Å². The summed E-state index contributed by atoms with van der Waals surface area (Å²) in [7, 11) is 5.45. The van der Waals surface area contributed by atoms with Crippen molar-refractivity contribution in [3.05, 3.63) is 29.8 Å². The lowest BCUT2D eigenvalue weighted by atomic mass is 9.75. The van der Waals surface area contributed by atoms with Crippen LogP contribution in [-0.2, 0) is 33.2 Å². The smallest absolute Gasteiger partial charge is 0.311 e. The molecule has 16 nitrogen and oxygen atoms in total. The Bertz CT molecular complexity index is 1680. The Morgan fingerprint density at radius 1 is 1.00 bits per heavy atom. The number of carbonyl (C=O) groups excluding carboxylic acids is 1. The molecule has 0 bridgehead atoms. The minimum atomic E-state index is -1.84. The Balaban J connectivity index is 1.87. The number of ether oxygens (including phenoxy) is 7. The van der Waals surface area contributed by atoms with Crippen molar-refractivity contribution < 1.29 is 58.4 Å². The number of nitriles is 1. The topological polar surface area (TPSA) is 214 Å². The number of nitrogens with zero attached hydrogens (tertiary/aromatic N) is 2. The van der Waals surface area contributed by atoms with Crippen molar-refractivity contribution in [3.63, 3.8) is 0 Å². The lowest BCUT2D eigenvalue weighted by Crippen LogP contribution is -2.70. The Labute approximate surface area is 382 Å². The number of methoxy groups -OCH3 is 1. The highest BCUT2D eigenvalue weighted by Crippen LogP contribution is 2.43. The summed E-state index contributed by atoms with van der Waals surface area (Å²) in [5.74, 6) is -2.30. The normalized spacial score (nSPS) is 43.1. The number of rotatable bonds is 13. The lowest BCUT2D eigenvalue weighted by molar-refractivity contribution is -0.335. The molecule has 18 atom stereocenters. The minimum absolute atomic E-state index is 0.0789. The third-order valence-electron chi connectivity index (χ3n) is 14.2. The molecular weight excluding hydrogens is 825 g/mol. The molecule has 3 aliphatic heterocycles. The van der Waals surface area contributed by atoms with E-state index in [-0.39, 0.29) is 43.9 Å². The summed E-state index contributed by atoms with van der Waals surface area (Å²) in [6.45, 7) is 21.0. The number of hydrogen-bond donors (Lipinski definition) is 6. The van der Waals surface area contributed by atoms with E-state index >= 15 is 0 Å². The second kappa shape index (κ2) is 22.5. The summed E-state index contributed by atoms with van der Waals surface area (Å²) < 4.78 is 46.1. The molecule has 1 aromatic rings. The molecule has 3 saturated heterocycles. The van der Waals surface area contributed by atoms with Gasteiger partial charge in [-0.15, -0.1) is 0 Å². The molecule has 366 valence electrons. The van der Waals surface area contributed by atoms with Crippen LogP contribution in [0.25, 0.3) is 0 Å². The first-order valence-electron chi connectivity index (χ1n) is 23.4. The van der Waals surface area contributed by atoms with Gasteiger partial charge < -0.3 is 69.1 Å². The van der Waals surface area contributed by atoms with Crippen LogP contribution in [0.3, 0.4) is 0 Å². The van der Waals surface area contributed by atoms with Gasteiger partial charge in [0, 0.05) is 32.0 Å². The Kier molecular flexibility index (Phi) is 19.0. The average molecular weight is 907 g/mol. The van der Waals surface area contributed by atoms with Crippen LogP contribution in [0.15, 0.2) is 24.3 Å². The van der Waals surface area contributed by atoms with Gasteiger partial charge in [0.15, 0.2) is 18.7 Å². The van der Waals surface area contributed by atoms with Crippen molar-refractivity contribution >= 4 is 5.97 Å². The van der Waals surface area contributed by atoms with Crippen LogP contribution in [0.5, 0.6) is 5.75 Å². The summed E-state index contributed by atoms with van der Waals surface area (Å²) >= 11 is 0. The molecule has 3 heterocycles. The van der Waals surface area contributed by atoms with E-state index in [4.69, 9.17) is 33.2 Å². The van der Waals surface area contributed by atoms with E-state index in [1.54, 1.807) is 58.9 Å². The number of benzene rings is 1. The third kappa shape index (κ3) is 12.3. The minimum Gasteiger partial charge on any atom is -0.483 e. The zero-order valence-corrected chi connectivity index (χ0v) is 41.0. The van der Waals surface area contributed by atoms with E-state index in [0.717, 1.165) is 6.42 Å². The van der Waals surface area contributed by atoms with Gasteiger partial charge in [0.05, 0.1) is 53.6 Å². The van der Waals surface area contributed by atoms with Gasteiger partial charge in [-0.05, 0) is 125 Å². The van der Waals surface area contributed by atoms with Gasteiger partial charge in [0.2, 0.25) is 0 Å². The molecule has 0 aromatic heterocycles. The standard InChI is InChI=1S/C48H82N4O12/c1-15-20-50-27-48(57)33(8)60-38(24-46(48,10)58-14)63-39-30(5)42(64-44-40(36(52(12)13)21-29(4)59-44)61-35-19-17-18-34(22-35)25-49)45(9,55)23-28(3)26-51-32(7)41(53)47(11,56)37(16-2)62-43(54)31(39)6/h17-19,22,28-33,36-42,44,50-51,53,55-57H,15-16,20-21,23-24,26-27H2,1-14H3/t28-,29-,30+,31-,32-,33+,36+,37-,38+,39+,40-,41-,42-,44+,45-,46-,47-,48+/m1/s1. The summed E-state index contributed by atoms with van der Waals surface area (Å²) in [5.41, 5.74) is -5.63. The van der Waals surface area contributed by atoms with Crippen molar-refractivity contribution in [2.75, 3.05) is 40.8 Å². The maximum atomic E-state index is 14.6. The maximum absolute atomic E-state index is 14.6. The average Bonchev–Trinajstić information content (AvgIpc) is 3.24. The Morgan fingerprint density at radius 3 is 2.30 bits per heavy atom. The van der Waals surface area contributed by atoms with Crippen LogP contribution in [0.1, 0.15) is 114 Å². The molecule has 3 aliphatic rings. The fourth-order valence-electron chi connectivity index (χ4n) is 10.1. The van der Waals surface area contributed by atoms with Gasteiger partial charge in [-0.2, -0.15) is 5.26 Å². The van der Waals surface area contributed by atoms with Crippen LogP contribution < -0.4 is 15.4 Å². The highest BCUT2D eigenvalue weighted by atomic mass is 16.7. The highest BCUT2D eigenvalue weighted by molar-refractivity contribution is 5.73. The number of aliphatic hydroxyl groups excluding tert-OH is 1. The highest BCUT2D eigenvalue weighted by Gasteiger charge is 2.58. The summed E-state index contributed by atoms with van der Waals surface area (Å²) in [5, 5.41) is 64.7. The van der Waals surface area contributed by atoms with E-state index < -0.39 is 95.5 Å². The van der Waals surface area contributed by atoms with Crippen molar-refractivity contribution in [2.24, 2.45) is 17.8 Å². The van der Waals surface area contributed by atoms with Crippen molar-refractivity contribution in [3.8, 4) is 11.8 Å². The van der Waals surface area contributed by atoms with Crippen molar-refractivity contribution in [2.45, 2.75) is 198 Å². The second-order valence-electron chi connectivity index (χ2n) is 19.9. The van der Waals surface area contributed by atoms with E-state index in [1.165, 1.54) is 14.0 Å². The number of hydrogen-bond acceptors (Lipinski definition) is 16. The number of aliphatic hydroxyl groups is 4. The Hall–Kier alpha value is -2.50. The monoisotopic (exact) mass is 907 g/mol. The molecule has 16 heteroatoms. The zero-order valence-electron chi connectivity index (χ0n) is 41.0. The van der Waals surface area contributed by atoms with Crippen molar-refractivity contribution in [1.29, 1.82) is 5.26 Å². The molecule has 64 heavy (non-hydrogen) atoms. The fourth-order valence-corrected chi connectivity index (χ4v) is 10.1. The van der Waals surface area contributed by atoms with Gasteiger partial charge in [-0.25, -0.2) is 0 Å². The van der Waals surface area contributed by atoms with E-state index in [1.807, 2.05) is 53.6 Å². The number of esters is 1.